The molecule has 3 aromatic rings. The van der Waals surface area contributed by atoms with Crippen molar-refractivity contribution in [2.45, 2.75) is 43.8 Å². The number of aromatic nitrogens is 3. The van der Waals surface area contributed by atoms with Crippen LogP contribution >= 0.6 is 0 Å². The standard InChI is InChI=1S/C23H26FN3O4S/c1-15-8-6-11-19(30-3)22(15)27-21(25-26-23(27)20-12-7-13-31-20)14-32(28,29)16(2)17-9-4-5-10-18(17)24/h4-6,8-11,16,20H,7,12-14H2,1-3H3/t16-,20-/m0/s1. The Bertz CT molecular complexity index is 1220. The summed E-state index contributed by atoms with van der Waals surface area (Å²) in [5, 5.41) is 7.52. The highest BCUT2D eigenvalue weighted by atomic mass is 32.2. The summed E-state index contributed by atoms with van der Waals surface area (Å²) in [6.45, 7) is 4.02. The molecule has 0 unspecified atom stereocenters. The van der Waals surface area contributed by atoms with E-state index in [2.05, 4.69) is 10.2 Å². The monoisotopic (exact) mass is 459 g/mol. The molecule has 2 heterocycles. The van der Waals surface area contributed by atoms with Gasteiger partial charge in [-0.3, -0.25) is 4.57 Å². The molecule has 2 atom stereocenters. The van der Waals surface area contributed by atoms with Gasteiger partial charge in [0.2, 0.25) is 0 Å². The lowest BCUT2D eigenvalue weighted by Gasteiger charge is -2.19. The number of para-hydroxylation sites is 1. The van der Waals surface area contributed by atoms with Gasteiger partial charge in [-0.1, -0.05) is 30.3 Å². The molecule has 1 aliphatic heterocycles. The summed E-state index contributed by atoms with van der Waals surface area (Å²) in [6, 6.07) is 11.5. The number of ether oxygens (including phenoxy) is 2. The van der Waals surface area contributed by atoms with Crippen molar-refractivity contribution in [3.8, 4) is 11.4 Å². The Morgan fingerprint density at radius 3 is 2.69 bits per heavy atom. The van der Waals surface area contributed by atoms with Crippen molar-refractivity contribution >= 4 is 9.84 Å². The smallest absolute Gasteiger partial charge is 0.167 e. The molecule has 0 bridgehead atoms. The van der Waals surface area contributed by atoms with Crippen LogP contribution in [0.3, 0.4) is 0 Å². The highest BCUT2D eigenvalue weighted by Crippen LogP contribution is 2.35. The van der Waals surface area contributed by atoms with Crippen molar-refractivity contribution in [3.05, 3.63) is 71.1 Å². The number of methoxy groups -OCH3 is 1. The summed E-state index contributed by atoms with van der Waals surface area (Å²) in [4.78, 5) is 0. The third kappa shape index (κ3) is 4.14. The van der Waals surface area contributed by atoms with Gasteiger partial charge in [0, 0.05) is 12.2 Å². The number of nitrogens with zero attached hydrogens (tertiary/aromatic N) is 3. The van der Waals surface area contributed by atoms with Crippen LogP contribution < -0.4 is 4.74 Å². The summed E-state index contributed by atoms with van der Waals surface area (Å²) >= 11 is 0. The first kappa shape index (κ1) is 22.4. The second-order valence-electron chi connectivity index (χ2n) is 7.91. The number of aryl methyl sites for hydroxylation is 1. The van der Waals surface area contributed by atoms with Crippen LogP contribution in [0.25, 0.3) is 5.69 Å². The van der Waals surface area contributed by atoms with Crippen LogP contribution in [0.1, 0.15) is 53.9 Å². The van der Waals surface area contributed by atoms with E-state index in [1.165, 1.54) is 25.1 Å². The van der Waals surface area contributed by atoms with E-state index in [0.29, 0.717) is 23.9 Å². The minimum atomic E-state index is -3.81. The molecule has 2 aromatic carbocycles. The molecule has 0 amide bonds. The molecule has 0 aliphatic carbocycles. The number of hydrogen-bond acceptors (Lipinski definition) is 6. The fourth-order valence-corrected chi connectivity index (χ4v) is 5.42. The number of sulfone groups is 1. The van der Waals surface area contributed by atoms with Crippen molar-refractivity contribution in [2.75, 3.05) is 13.7 Å². The zero-order chi connectivity index (χ0) is 22.9. The Morgan fingerprint density at radius 2 is 2.00 bits per heavy atom. The highest BCUT2D eigenvalue weighted by molar-refractivity contribution is 7.90. The van der Waals surface area contributed by atoms with E-state index in [4.69, 9.17) is 9.47 Å². The molecule has 7 nitrogen and oxygen atoms in total. The topological polar surface area (TPSA) is 83.3 Å². The van der Waals surface area contributed by atoms with E-state index in [1.807, 2.05) is 25.1 Å². The average Bonchev–Trinajstić information content (AvgIpc) is 3.43. The Morgan fingerprint density at radius 1 is 1.22 bits per heavy atom. The number of rotatable bonds is 7. The summed E-state index contributed by atoms with van der Waals surface area (Å²) in [5.41, 5.74) is 1.69. The molecule has 1 fully saturated rings. The highest BCUT2D eigenvalue weighted by Gasteiger charge is 2.32. The van der Waals surface area contributed by atoms with Gasteiger partial charge in [-0.25, -0.2) is 12.8 Å². The fourth-order valence-electron chi connectivity index (χ4n) is 4.04. The second kappa shape index (κ2) is 8.99. The fraction of sp³-hybridized carbons (Fsp3) is 0.391. The zero-order valence-corrected chi connectivity index (χ0v) is 19.1. The predicted molar refractivity (Wildman–Crippen MR) is 118 cm³/mol. The van der Waals surface area contributed by atoms with Crippen molar-refractivity contribution in [3.63, 3.8) is 0 Å². The molecule has 0 saturated carbocycles. The summed E-state index contributed by atoms with van der Waals surface area (Å²) < 4.78 is 54.0. The second-order valence-corrected chi connectivity index (χ2v) is 10.2. The molecule has 170 valence electrons. The van der Waals surface area contributed by atoms with Gasteiger partial charge in [0.25, 0.3) is 0 Å². The predicted octanol–water partition coefficient (Wildman–Crippen LogP) is 4.25. The van der Waals surface area contributed by atoms with Crippen LogP contribution in [-0.2, 0) is 20.3 Å². The van der Waals surface area contributed by atoms with E-state index in [0.717, 1.165) is 18.4 Å². The Labute approximate surface area is 187 Å². The normalized spacial score (nSPS) is 17.4. The Hall–Kier alpha value is -2.78. The first-order valence-electron chi connectivity index (χ1n) is 10.5. The Balaban J connectivity index is 1.81. The summed E-state index contributed by atoms with van der Waals surface area (Å²) in [7, 11) is -2.25. The van der Waals surface area contributed by atoms with Gasteiger partial charge in [0.1, 0.15) is 23.4 Å². The van der Waals surface area contributed by atoms with Gasteiger partial charge in [-0.15, -0.1) is 10.2 Å². The van der Waals surface area contributed by atoms with Gasteiger partial charge >= 0.3 is 0 Å². The van der Waals surface area contributed by atoms with E-state index < -0.39 is 26.7 Å². The lowest BCUT2D eigenvalue weighted by molar-refractivity contribution is 0.103. The average molecular weight is 460 g/mol. The van der Waals surface area contributed by atoms with Crippen LogP contribution in [-0.4, -0.2) is 36.9 Å². The molecule has 0 radical (unpaired) electrons. The number of halogens is 1. The van der Waals surface area contributed by atoms with Gasteiger partial charge in [-0.2, -0.15) is 0 Å². The van der Waals surface area contributed by atoms with Crippen molar-refractivity contribution in [1.29, 1.82) is 0 Å². The molecule has 0 spiro atoms. The molecule has 9 heteroatoms. The van der Waals surface area contributed by atoms with Crippen molar-refractivity contribution in [2.24, 2.45) is 0 Å². The number of hydrogen-bond donors (Lipinski definition) is 0. The van der Waals surface area contributed by atoms with Gasteiger partial charge in [0.15, 0.2) is 21.5 Å². The Kier molecular flexibility index (Phi) is 6.30. The van der Waals surface area contributed by atoms with Crippen molar-refractivity contribution in [1.82, 2.24) is 14.8 Å². The third-order valence-electron chi connectivity index (χ3n) is 5.83. The van der Waals surface area contributed by atoms with E-state index in [9.17, 15) is 12.8 Å². The summed E-state index contributed by atoms with van der Waals surface area (Å²) in [6.07, 6.45) is 1.37. The maximum atomic E-state index is 14.3. The van der Waals surface area contributed by atoms with Crippen molar-refractivity contribution < 1.29 is 22.3 Å². The molecule has 1 aromatic heterocycles. The number of benzene rings is 2. The quantitative estimate of drug-likeness (QED) is 0.525. The van der Waals surface area contributed by atoms with Crippen LogP contribution in [0.2, 0.25) is 0 Å². The minimum absolute atomic E-state index is 0.131. The molecular weight excluding hydrogens is 433 g/mol. The maximum absolute atomic E-state index is 14.3. The van der Waals surface area contributed by atoms with Gasteiger partial charge in [0.05, 0.1) is 18.0 Å². The SMILES string of the molecule is COc1cccc(C)c1-n1c(CS(=O)(=O)[C@@H](C)c2ccccc2F)nnc1[C@@H]1CCCO1. The minimum Gasteiger partial charge on any atom is -0.495 e. The molecule has 1 aliphatic rings. The maximum Gasteiger partial charge on any atom is 0.167 e. The molecule has 0 N–H and O–H groups in total. The molecule has 32 heavy (non-hydrogen) atoms. The largest absolute Gasteiger partial charge is 0.495 e. The van der Waals surface area contributed by atoms with E-state index in [-0.39, 0.29) is 17.5 Å². The lowest BCUT2D eigenvalue weighted by Crippen LogP contribution is -2.18. The van der Waals surface area contributed by atoms with Gasteiger partial charge in [-0.05, 0) is 44.4 Å². The first-order valence-corrected chi connectivity index (χ1v) is 12.2. The van der Waals surface area contributed by atoms with Crippen LogP contribution in [0.4, 0.5) is 4.39 Å². The lowest BCUT2D eigenvalue weighted by atomic mass is 10.1. The summed E-state index contributed by atoms with van der Waals surface area (Å²) in [5.74, 6) is 0.403. The van der Waals surface area contributed by atoms with Crippen LogP contribution in [0.5, 0.6) is 5.75 Å². The molecular formula is C23H26FN3O4S. The van der Waals surface area contributed by atoms with E-state index in [1.54, 1.807) is 17.7 Å². The molecule has 1 saturated heterocycles. The van der Waals surface area contributed by atoms with Crippen LogP contribution in [0, 0.1) is 12.7 Å². The van der Waals surface area contributed by atoms with Gasteiger partial charge < -0.3 is 9.47 Å². The first-order chi connectivity index (χ1) is 15.3. The zero-order valence-electron chi connectivity index (χ0n) is 18.3. The molecule has 4 rings (SSSR count). The van der Waals surface area contributed by atoms with Crippen LogP contribution in [0.15, 0.2) is 42.5 Å². The third-order valence-corrected chi connectivity index (χ3v) is 7.82. The van der Waals surface area contributed by atoms with E-state index >= 15 is 0 Å².